The molecular weight excluding hydrogens is 404 g/mol. The molecule has 0 bridgehead atoms. The van der Waals surface area contributed by atoms with Gasteiger partial charge in [0.15, 0.2) is 0 Å². The number of nitrogens with one attached hydrogen (secondary N) is 1. The van der Waals surface area contributed by atoms with Crippen LogP contribution < -0.4 is 5.48 Å². The van der Waals surface area contributed by atoms with Gasteiger partial charge in [0, 0.05) is 11.1 Å². The van der Waals surface area contributed by atoms with E-state index < -0.39 is 5.97 Å². The van der Waals surface area contributed by atoms with Crippen LogP contribution >= 0.6 is 0 Å². The molecule has 0 amide bonds. The van der Waals surface area contributed by atoms with Crippen molar-refractivity contribution in [2.45, 2.75) is 59.9 Å². The molecule has 0 fully saturated rings. The van der Waals surface area contributed by atoms with Crippen LogP contribution in [0.15, 0.2) is 48.6 Å². The Bertz CT molecular complexity index is 1120. The van der Waals surface area contributed by atoms with E-state index in [0.29, 0.717) is 11.3 Å². The first-order chi connectivity index (χ1) is 14.9. The van der Waals surface area contributed by atoms with Crippen molar-refractivity contribution in [3.8, 4) is 11.4 Å². The van der Waals surface area contributed by atoms with Crippen LogP contribution in [-0.2, 0) is 21.6 Å². The summed E-state index contributed by atoms with van der Waals surface area (Å²) in [6, 6.07) is 11.4. The molecule has 0 radical (unpaired) electrons. The minimum atomic E-state index is -0.547. The van der Waals surface area contributed by atoms with Crippen LogP contribution in [0.2, 0.25) is 0 Å². The van der Waals surface area contributed by atoms with Crippen molar-refractivity contribution in [2.75, 3.05) is 0 Å². The van der Waals surface area contributed by atoms with Crippen LogP contribution in [0, 0.1) is 5.41 Å². The number of fused-ring (bicyclic) bond motifs is 1. The molecule has 3 rings (SSSR count). The van der Waals surface area contributed by atoms with Crippen molar-refractivity contribution < 1.29 is 14.7 Å². The highest BCUT2D eigenvalue weighted by Crippen LogP contribution is 2.39. The largest absolute Gasteiger partial charge is 0.505 e. The van der Waals surface area contributed by atoms with E-state index in [-0.39, 0.29) is 28.7 Å². The zero-order chi connectivity index (χ0) is 23.7. The summed E-state index contributed by atoms with van der Waals surface area (Å²) in [4.78, 5) is 18.2. The molecule has 1 aromatic heterocycles. The normalized spacial score (nSPS) is 12.2. The zero-order valence-electron chi connectivity index (χ0n) is 19.7. The van der Waals surface area contributed by atoms with E-state index in [1.54, 1.807) is 6.92 Å². The molecule has 0 aliphatic carbocycles. The van der Waals surface area contributed by atoms with Gasteiger partial charge in [-0.15, -0.1) is 20.5 Å². The third-order valence-corrected chi connectivity index (χ3v) is 5.20. The smallest absolute Gasteiger partial charge is 0.351 e. The van der Waals surface area contributed by atoms with Crippen molar-refractivity contribution in [1.29, 1.82) is 0 Å². The minimum Gasteiger partial charge on any atom is -0.505 e. The number of hydroxylamine groups is 1. The Morgan fingerprint density at radius 3 is 2.25 bits per heavy atom. The molecule has 170 valence electrons. The highest BCUT2D eigenvalue weighted by atomic mass is 16.7. The molecule has 3 aromatic rings. The second kappa shape index (κ2) is 8.74. The number of hydrogen-bond acceptors (Lipinski definition) is 6. The average molecular weight is 437 g/mol. The van der Waals surface area contributed by atoms with Crippen molar-refractivity contribution in [3.05, 3.63) is 59.7 Å². The summed E-state index contributed by atoms with van der Waals surface area (Å²) in [6.07, 6.45) is 0.927. The van der Waals surface area contributed by atoms with Crippen LogP contribution in [0.25, 0.3) is 16.7 Å². The van der Waals surface area contributed by atoms with Gasteiger partial charge in [-0.25, -0.2) is 4.79 Å². The maximum absolute atomic E-state index is 11.7. The maximum atomic E-state index is 11.7. The van der Waals surface area contributed by atoms with E-state index in [4.69, 9.17) is 4.84 Å². The molecule has 32 heavy (non-hydrogen) atoms. The SMILES string of the molecule is C=C(C)C(=O)ONCc1cc(C(C)(C)CC(C)(C)C)cc(-n2nc3ccccc3n2)c1O. The van der Waals surface area contributed by atoms with E-state index in [1.807, 2.05) is 36.4 Å². The summed E-state index contributed by atoms with van der Waals surface area (Å²) >= 11 is 0. The number of carbonyl (C=O) groups is 1. The molecule has 0 unspecified atom stereocenters. The first kappa shape index (κ1) is 23.5. The van der Waals surface area contributed by atoms with Gasteiger partial charge in [0.25, 0.3) is 0 Å². The summed E-state index contributed by atoms with van der Waals surface area (Å²) in [6.45, 7) is 16.2. The molecule has 2 N–H and O–H groups in total. The van der Waals surface area contributed by atoms with Crippen molar-refractivity contribution in [3.63, 3.8) is 0 Å². The minimum absolute atomic E-state index is 0.0273. The van der Waals surface area contributed by atoms with Gasteiger partial charge in [-0.3, -0.25) is 0 Å². The predicted octanol–water partition coefficient (Wildman–Crippen LogP) is 4.96. The van der Waals surface area contributed by atoms with E-state index in [1.165, 1.54) is 4.80 Å². The monoisotopic (exact) mass is 436 g/mol. The Morgan fingerprint density at radius 1 is 1.12 bits per heavy atom. The maximum Gasteiger partial charge on any atom is 0.351 e. The second-order valence-electron chi connectivity index (χ2n) is 10.1. The number of phenolic OH excluding ortho intramolecular Hbond substituents is 1. The number of benzene rings is 2. The summed E-state index contributed by atoms with van der Waals surface area (Å²) in [5, 5.41) is 20.2. The molecule has 2 aromatic carbocycles. The molecule has 0 atom stereocenters. The van der Waals surface area contributed by atoms with Crippen LogP contribution in [-0.4, -0.2) is 26.1 Å². The van der Waals surface area contributed by atoms with Crippen molar-refractivity contribution >= 4 is 17.0 Å². The average Bonchev–Trinajstić information content (AvgIpc) is 3.11. The van der Waals surface area contributed by atoms with Gasteiger partial charge >= 0.3 is 5.97 Å². The summed E-state index contributed by atoms with van der Waals surface area (Å²) < 4.78 is 0. The van der Waals surface area contributed by atoms with Crippen LogP contribution in [0.1, 0.15) is 59.1 Å². The summed E-state index contributed by atoms with van der Waals surface area (Å²) in [5.41, 5.74) is 6.41. The molecule has 0 aliphatic heterocycles. The highest BCUT2D eigenvalue weighted by molar-refractivity contribution is 5.86. The van der Waals surface area contributed by atoms with Gasteiger partial charge in [-0.2, -0.15) is 0 Å². The number of aromatic hydroxyl groups is 1. The summed E-state index contributed by atoms with van der Waals surface area (Å²) in [5.74, 6) is -0.520. The highest BCUT2D eigenvalue weighted by Gasteiger charge is 2.29. The van der Waals surface area contributed by atoms with E-state index in [2.05, 4.69) is 56.9 Å². The van der Waals surface area contributed by atoms with Gasteiger partial charge in [0.2, 0.25) is 0 Å². The van der Waals surface area contributed by atoms with E-state index >= 15 is 0 Å². The molecule has 0 aliphatic rings. The predicted molar refractivity (Wildman–Crippen MR) is 125 cm³/mol. The third-order valence-electron chi connectivity index (χ3n) is 5.20. The topological polar surface area (TPSA) is 89.3 Å². The molecule has 0 saturated heterocycles. The number of phenols is 1. The Morgan fingerprint density at radius 2 is 1.72 bits per heavy atom. The van der Waals surface area contributed by atoms with Gasteiger partial charge in [-0.05, 0) is 54.0 Å². The fourth-order valence-corrected chi connectivity index (χ4v) is 4.02. The molecule has 0 saturated carbocycles. The van der Waals surface area contributed by atoms with Crippen LogP contribution in [0.3, 0.4) is 0 Å². The summed E-state index contributed by atoms with van der Waals surface area (Å²) in [7, 11) is 0. The first-order valence-corrected chi connectivity index (χ1v) is 10.7. The fourth-order valence-electron chi connectivity index (χ4n) is 4.02. The Kier molecular flexibility index (Phi) is 6.41. The van der Waals surface area contributed by atoms with Crippen LogP contribution in [0.5, 0.6) is 5.75 Å². The van der Waals surface area contributed by atoms with Crippen molar-refractivity contribution in [1.82, 2.24) is 20.5 Å². The Balaban J connectivity index is 2.06. The number of hydrogen-bond donors (Lipinski definition) is 2. The lowest BCUT2D eigenvalue weighted by Gasteiger charge is -2.33. The van der Waals surface area contributed by atoms with Gasteiger partial charge in [-0.1, -0.05) is 53.3 Å². The van der Waals surface area contributed by atoms with Crippen LogP contribution in [0.4, 0.5) is 0 Å². The number of rotatable bonds is 7. The number of nitrogens with zero attached hydrogens (tertiary/aromatic N) is 3. The Hall–Kier alpha value is -3.19. The number of carbonyl (C=O) groups excluding carboxylic acids is 1. The third kappa shape index (κ3) is 5.34. The number of aromatic nitrogens is 3. The second-order valence-corrected chi connectivity index (χ2v) is 10.1. The lowest BCUT2D eigenvalue weighted by Crippen LogP contribution is -2.26. The van der Waals surface area contributed by atoms with E-state index in [9.17, 15) is 9.90 Å². The quantitative estimate of drug-likeness (QED) is 0.402. The van der Waals surface area contributed by atoms with Gasteiger partial charge in [0.1, 0.15) is 22.5 Å². The standard InChI is InChI=1S/C25H32N4O3/c1-16(2)23(31)32-26-14-17-12-18(25(6,7)15-24(3,4)5)13-21(22(17)30)29-27-19-10-8-9-11-20(19)28-29/h8-13,26,30H,1,14-15H2,2-7H3. The molecule has 1 heterocycles. The van der Waals surface area contributed by atoms with Gasteiger partial charge in [0.05, 0.1) is 6.54 Å². The first-order valence-electron chi connectivity index (χ1n) is 10.7. The molecule has 7 heteroatoms. The lowest BCUT2D eigenvalue weighted by molar-refractivity contribution is -0.146. The Labute approximate surface area is 189 Å². The van der Waals surface area contributed by atoms with E-state index in [0.717, 1.165) is 23.0 Å². The molecule has 7 nitrogen and oxygen atoms in total. The zero-order valence-corrected chi connectivity index (χ0v) is 19.7. The lowest BCUT2D eigenvalue weighted by atomic mass is 9.72. The fraction of sp³-hybridized carbons (Fsp3) is 0.400. The molecular formula is C25H32N4O3. The van der Waals surface area contributed by atoms with Gasteiger partial charge < -0.3 is 9.94 Å². The molecule has 0 spiro atoms. The van der Waals surface area contributed by atoms with Crippen molar-refractivity contribution in [2.24, 2.45) is 5.41 Å².